The van der Waals surface area contributed by atoms with Crippen molar-refractivity contribution in [2.75, 3.05) is 25.5 Å². The number of anilines is 1. The van der Waals surface area contributed by atoms with E-state index in [4.69, 9.17) is 16.3 Å². The van der Waals surface area contributed by atoms with Crippen molar-refractivity contribution in [3.63, 3.8) is 0 Å². The van der Waals surface area contributed by atoms with Gasteiger partial charge in [-0.2, -0.15) is 4.31 Å². The molecule has 0 bridgehead atoms. The Morgan fingerprint density at radius 1 is 1.06 bits per heavy atom. The summed E-state index contributed by atoms with van der Waals surface area (Å²) in [6.07, 6.45) is 5.21. The zero-order chi connectivity index (χ0) is 22.0. The number of amides is 1. The molecule has 0 unspecified atom stereocenters. The number of rotatable bonds is 5. The molecule has 4 rings (SSSR count). The summed E-state index contributed by atoms with van der Waals surface area (Å²) in [5.74, 6) is 0.184. The predicted octanol–water partition coefficient (Wildman–Crippen LogP) is 4.27. The van der Waals surface area contributed by atoms with Crippen LogP contribution in [-0.2, 0) is 27.7 Å². The van der Waals surface area contributed by atoms with Gasteiger partial charge in [-0.25, -0.2) is 8.42 Å². The van der Waals surface area contributed by atoms with Gasteiger partial charge in [0.2, 0.25) is 15.9 Å². The fraction of sp³-hybridized carbons (Fsp3) is 0.435. The lowest BCUT2D eigenvalue weighted by molar-refractivity contribution is -0.120. The summed E-state index contributed by atoms with van der Waals surface area (Å²) in [5, 5.41) is 3.30. The Morgan fingerprint density at radius 3 is 2.45 bits per heavy atom. The molecule has 0 spiro atoms. The van der Waals surface area contributed by atoms with Crippen molar-refractivity contribution in [2.24, 2.45) is 5.92 Å². The maximum atomic E-state index is 13.1. The summed E-state index contributed by atoms with van der Waals surface area (Å²) in [5.41, 5.74) is 3.01. The third kappa shape index (κ3) is 4.73. The van der Waals surface area contributed by atoms with Crippen LogP contribution in [0.1, 0.15) is 36.8 Å². The van der Waals surface area contributed by atoms with Crippen LogP contribution in [0.5, 0.6) is 5.75 Å². The van der Waals surface area contributed by atoms with Gasteiger partial charge in [0.15, 0.2) is 0 Å². The van der Waals surface area contributed by atoms with Crippen LogP contribution in [0.3, 0.4) is 0 Å². The molecule has 1 N–H and O–H groups in total. The highest BCUT2D eigenvalue weighted by atomic mass is 35.5. The number of methoxy groups -OCH3 is 1. The number of carbonyl (C=O) groups excluding carboxylic acids is 1. The third-order valence-electron chi connectivity index (χ3n) is 6.20. The van der Waals surface area contributed by atoms with Crippen LogP contribution >= 0.6 is 11.6 Å². The van der Waals surface area contributed by atoms with Crippen LogP contribution in [0.15, 0.2) is 41.3 Å². The smallest absolute Gasteiger partial charge is 0.243 e. The van der Waals surface area contributed by atoms with Crippen LogP contribution in [-0.4, -0.2) is 38.8 Å². The van der Waals surface area contributed by atoms with E-state index in [-0.39, 0.29) is 11.8 Å². The maximum Gasteiger partial charge on any atom is 0.243 e. The van der Waals surface area contributed by atoms with Crippen LogP contribution in [0.2, 0.25) is 5.02 Å². The molecule has 0 saturated carbocycles. The Balaban J connectivity index is 1.38. The van der Waals surface area contributed by atoms with E-state index < -0.39 is 10.0 Å². The van der Waals surface area contributed by atoms with E-state index in [1.165, 1.54) is 17.0 Å². The van der Waals surface area contributed by atoms with Gasteiger partial charge in [0.05, 0.1) is 17.0 Å². The predicted molar refractivity (Wildman–Crippen MR) is 121 cm³/mol. The first-order valence-electron chi connectivity index (χ1n) is 10.6. The van der Waals surface area contributed by atoms with Gasteiger partial charge in [0.25, 0.3) is 0 Å². The first-order chi connectivity index (χ1) is 14.9. The summed E-state index contributed by atoms with van der Waals surface area (Å²) in [4.78, 5) is 13.0. The molecule has 2 aromatic carbocycles. The van der Waals surface area contributed by atoms with Crippen molar-refractivity contribution in [3.05, 3.63) is 52.5 Å². The van der Waals surface area contributed by atoms with E-state index in [0.717, 1.165) is 31.2 Å². The van der Waals surface area contributed by atoms with Crippen molar-refractivity contribution in [1.82, 2.24) is 4.31 Å². The molecule has 1 saturated heterocycles. The van der Waals surface area contributed by atoms with E-state index >= 15 is 0 Å². The number of piperidine rings is 1. The van der Waals surface area contributed by atoms with Gasteiger partial charge in [-0.1, -0.05) is 17.7 Å². The molecule has 2 aliphatic rings. The number of aryl methyl sites for hydroxylation is 2. The number of carbonyl (C=O) groups is 1. The monoisotopic (exact) mass is 462 g/mol. The summed E-state index contributed by atoms with van der Waals surface area (Å²) >= 11 is 6.12. The standard InChI is InChI=1S/C23H27ClN2O4S/c1-30-22-9-7-19(15-21(22)24)25-23(27)17-10-12-26(13-11-17)31(28,29)20-8-6-16-4-2-3-5-18(16)14-20/h6-9,14-15,17H,2-5,10-13H2,1H3,(H,25,27). The zero-order valence-corrected chi connectivity index (χ0v) is 19.1. The van der Waals surface area contributed by atoms with Crippen molar-refractivity contribution in [2.45, 2.75) is 43.4 Å². The largest absolute Gasteiger partial charge is 0.495 e. The SMILES string of the molecule is COc1ccc(NC(=O)C2CCN(S(=O)(=O)c3ccc4c(c3)CCCC4)CC2)cc1Cl. The Hall–Kier alpha value is -2.09. The maximum absolute atomic E-state index is 13.1. The van der Waals surface area contributed by atoms with Gasteiger partial charge in [-0.15, -0.1) is 0 Å². The van der Waals surface area contributed by atoms with E-state index in [1.807, 2.05) is 12.1 Å². The molecular formula is C23H27ClN2O4S. The second kappa shape index (κ2) is 9.18. The summed E-state index contributed by atoms with van der Waals surface area (Å²) in [7, 11) is -2.01. The molecule has 6 nitrogen and oxygen atoms in total. The molecule has 1 amide bonds. The van der Waals surface area contributed by atoms with Crippen molar-refractivity contribution in [1.29, 1.82) is 0 Å². The van der Waals surface area contributed by atoms with Crippen molar-refractivity contribution < 1.29 is 17.9 Å². The molecule has 1 aliphatic heterocycles. The first-order valence-corrected chi connectivity index (χ1v) is 12.5. The number of nitrogens with zero attached hydrogens (tertiary/aromatic N) is 1. The lowest BCUT2D eigenvalue weighted by Crippen LogP contribution is -2.41. The number of halogens is 1. The molecule has 31 heavy (non-hydrogen) atoms. The summed E-state index contributed by atoms with van der Waals surface area (Å²) < 4.78 is 32.9. The van der Waals surface area contributed by atoms with E-state index in [1.54, 1.807) is 24.3 Å². The summed E-state index contributed by atoms with van der Waals surface area (Å²) in [6, 6.07) is 10.6. The summed E-state index contributed by atoms with van der Waals surface area (Å²) in [6.45, 7) is 0.668. The van der Waals surface area contributed by atoms with Gasteiger partial charge in [-0.3, -0.25) is 4.79 Å². The molecule has 0 radical (unpaired) electrons. The molecule has 0 atom stereocenters. The van der Waals surface area contributed by atoms with Gasteiger partial charge in [0, 0.05) is 24.7 Å². The minimum Gasteiger partial charge on any atom is -0.495 e. The van der Waals surface area contributed by atoms with Gasteiger partial charge < -0.3 is 10.1 Å². The average molecular weight is 463 g/mol. The highest BCUT2D eigenvalue weighted by Gasteiger charge is 2.32. The molecule has 1 aliphatic carbocycles. The van der Waals surface area contributed by atoms with E-state index in [2.05, 4.69) is 5.32 Å². The number of nitrogens with one attached hydrogen (secondary N) is 1. The molecule has 1 fully saturated rings. The second-order valence-corrected chi connectivity index (χ2v) is 10.5. The van der Waals surface area contributed by atoms with Crippen LogP contribution < -0.4 is 10.1 Å². The third-order valence-corrected chi connectivity index (χ3v) is 8.39. The number of ether oxygens (including phenoxy) is 1. The first kappa shape index (κ1) is 22.1. The highest BCUT2D eigenvalue weighted by molar-refractivity contribution is 7.89. The number of hydrogen-bond acceptors (Lipinski definition) is 4. The van der Waals surface area contributed by atoms with Gasteiger partial charge >= 0.3 is 0 Å². The molecule has 1 heterocycles. The number of fused-ring (bicyclic) bond motifs is 1. The Labute approximate surface area is 188 Å². The quantitative estimate of drug-likeness (QED) is 0.720. The molecule has 8 heteroatoms. The minimum atomic E-state index is -3.55. The average Bonchev–Trinajstić information content (AvgIpc) is 2.79. The van der Waals surface area contributed by atoms with Gasteiger partial charge in [-0.05, 0) is 80.0 Å². The number of hydrogen-bond donors (Lipinski definition) is 1. The topological polar surface area (TPSA) is 75.7 Å². The Kier molecular flexibility index (Phi) is 6.55. The number of benzene rings is 2. The lowest BCUT2D eigenvalue weighted by atomic mass is 9.92. The van der Waals surface area contributed by atoms with Crippen LogP contribution in [0.25, 0.3) is 0 Å². The fourth-order valence-corrected chi connectivity index (χ4v) is 6.14. The van der Waals surface area contributed by atoms with E-state index in [9.17, 15) is 13.2 Å². The van der Waals surface area contributed by atoms with Gasteiger partial charge in [0.1, 0.15) is 5.75 Å². The molecule has 166 valence electrons. The van der Waals surface area contributed by atoms with Crippen LogP contribution in [0.4, 0.5) is 5.69 Å². The normalized spacial score (nSPS) is 17.7. The lowest BCUT2D eigenvalue weighted by Gasteiger charge is -2.31. The Bertz CT molecular complexity index is 1080. The second-order valence-electron chi connectivity index (χ2n) is 8.15. The highest BCUT2D eigenvalue weighted by Crippen LogP contribution is 2.30. The van der Waals surface area contributed by atoms with Crippen molar-refractivity contribution in [3.8, 4) is 5.75 Å². The minimum absolute atomic E-state index is 0.118. The van der Waals surface area contributed by atoms with E-state index in [0.29, 0.717) is 47.3 Å². The number of sulfonamides is 1. The fourth-order valence-electron chi connectivity index (χ4n) is 4.37. The zero-order valence-electron chi connectivity index (χ0n) is 17.6. The van der Waals surface area contributed by atoms with Crippen molar-refractivity contribution >= 4 is 33.2 Å². The molecule has 0 aromatic heterocycles. The molecular weight excluding hydrogens is 436 g/mol. The molecule has 2 aromatic rings. The van der Waals surface area contributed by atoms with Crippen LogP contribution in [0, 0.1) is 5.92 Å². The Morgan fingerprint density at radius 2 is 1.77 bits per heavy atom.